The average Bonchev–Trinajstić information content (AvgIpc) is 3.53. The summed E-state index contributed by atoms with van der Waals surface area (Å²) in [6.45, 7) is 2.89. The van der Waals surface area contributed by atoms with E-state index in [1.807, 2.05) is 44.3 Å². The molecule has 164 valence electrons. The zero-order valence-corrected chi connectivity index (χ0v) is 19.6. The summed E-state index contributed by atoms with van der Waals surface area (Å²) in [6.07, 6.45) is 0.938. The fourth-order valence-electron chi connectivity index (χ4n) is 4.39. The molecule has 1 N–H and O–H groups in total. The van der Waals surface area contributed by atoms with Crippen LogP contribution in [0.25, 0.3) is 5.69 Å². The van der Waals surface area contributed by atoms with E-state index >= 15 is 0 Å². The Morgan fingerprint density at radius 2 is 1.91 bits per heavy atom. The number of hydrogen-bond donors (Lipinski definition) is 1. The fraction of sp³-hybridized carbons (Fsp3) is 0.250. The van der Waals surface area contributed by atoms with Crippen molar-refractivity contribution >= 4 is 34.3 Å². The minimum absolute atomic E-state index is 0.0774. The molecule has 0 bridgehead atoms. The highest BCUT2D eigenvalue weighted by molar-refractivity contribution is 7.10. The summed E-state index contributed by atoms with van der Waals surface area (Å²) in [7, 11) is 1.83. The van der Waals surface area contributed by atoms with Crippen LogP contribution in [0.1, 0.15) is 27.1 Å². The molecule has 1 aliphatic rings. The van der Waals surface area contributed by atoms with Crippen LogP contribution in [-0.2, 0) is 18.3 Å². The number of hydrogen-bond acceptors (Lipinski definition) is 5. The Morgan fingerprint density at radius 3 is 2.66 bits per heavy atom. The van der Waals surface area contributed by atoms with Gasteiger partial charge < -0.3 is 5.32 Å². The molecule has 0 fully saturated rings. The molecule has 1 atom stereocenters. The molecule has 32 heavy (non-hydrogen) atoms. The molecule has 3 aromatic heterocycles. The zero-order valence-electron chi connectivity index (χ0n) is 17.9. The van der Waals surface area contributed by atoms with Gasteiger partial charge in [0.1, 0.15) is 5.69 Å². The maximum atomic E-state index is 13.1. The van der Waals surface area contributed by atoms with Crippen LogP contribution in [-0.4, -0.2) is 33.3 Å². The first-order chi connectivity index (χ1) is 15.5. The van der Waals surface area contributed by atoms with Gasteiger partial charge >= 0.3 is 0 Å². The van der Waals surface area contributed by atoms with Gasteiger partial charge in [0, 0.05) is 23.3 Å². The van der Waals surface area contributed by atoms with Crippen molar-refractivity contribution in [1.82, 2.24) is 14.3 Å². The second-order valence-corrected chi connectivity index (χ2v) is 9.90. The summed E-state index contributed by atoms with van der Waals surface area (Å²) in [5.41, 5.74) is 2.89. The summed E-state index contributed by atoms with van der Waals surface area (Å²) in [4.78, 5) is 31.1. The minimum Gasteiger partial charge on any atom is -0.319 e. The maximum absolute atomic E-state index is 13.1. The number of rotatable bonds is 5. The summed E-state index contributed by atoms with van der Waals surface area (Å²) >= 11 is 3.50. The van der Waals surface area contributed by atoms with Crippen molar-refractivity contribution in [3.8, 4) is 5.69 Å². The normalized spacial score (nSPS) is 16.1. The number of carbonyl (C=O) groups is 1. The van der Waals surface area contributed by atoms with E-state index in [4.69, 9.17) is 0 Å². The third kappa shape index (κ3) is 3.64. The molecule has 4 heterocycles. The van der Waals surface area contributed by atoms with E-state index in [9.17, 15) is 9.59 Å². The summed E-state index contributed by atoms with van der Waals surface area (Å²) < 4.78 is 3.36. The molecule has 6 nitrogen and oxygen atoms in total. The molecular weight excluding hydrogens is 440 g/mol. The van der Waals surface area contributed by atoms with Gasteiger partial charge in [-0.25, -0.2) is 4.68 Å². The number of nitrogens with zero attached hydrogens (tertiary/aromatic N) is 3. The lowest BCUT2D eigenvalue weighted by Crippen LogP contribution is -2.40. The van der Waals surface area contributed by atoms with Crippen molar-refractivity contribution in [3.05, 3.63) is 90.7 Å². The fourth-order valence-corrected chi connectivity index (χ4v) is 6.17. The van der Waals surface area contributed by atoms with Gasteiger partial charge in [-0.05, 0) is 53.9 Å². The SMILES string of the molecule is Cc1c(NC(=O)CN2CCc3sccc3[C@H]2c2cccs2)c(=O)n(-c2ccccc2)n1C. The van der Waals surface area contributed by atoms with Crippen LogP contribution >= 0.6 is 22.7 Å². The van der Waals surface area contributed by atoms with Gasteiger partial charge in [0.25, 0.3) is 5.56 Å². The van der Waals surface area contributed by atoms with Gasteiger partial charge in [0.2, 0.25) is 5.91 Å². The van der Waals surface area contributed by atoms with Crippen molar-refractivity contribution in [2.24, 2.45) is 7.05 Å². The number of amides is 1. The van der Waals surface area contributed by atoms with Crippen molar-refractivity contribution in [3.63, 3.8) is 0 Å². The van der Waals surface area contributed by atoms with Gasteiger partial charge in [-0.2, -0.15) is 0 Å². The van der Waals surface area contributed by atoms with Crippen LogP contribution < -0.4 is 10.9 Å². The zero-order chi connectivity index (χ0) is 22.2. The standard InChI is InChI=1S/C24H24N4O2S2/c1-16-22(24(30)28(26(16)2)17-7-4-3-5-8-17)25-21(29)15-27-12-10-19-18(11-14-32-19)23(27)20-9-6-13-31-20/h3-9,11,13-14,23H,10,12,15H2,1-2H3,(H,25,29)/t23-/m0/s1. The van der Waals surface area contributed by atoms with Crippen molar-refractivity contribution in [2.75, 3.05) is 18.4 Å². The Morgan fingerprint density at radius 1 is 1.09 bits per heavy atom. The Bertz CT molecular complexity index is 1300. The minimum atomic E-state index is -0.224. The highest BCUT2D eigenvalue weighted by atomic mass is 32.1. The Hall–Kier alpha value is -2.94. The molecule has 0 aliphatic carbocycles. The first-order valence-electron chi connectivity index (χ1n) is 10.5. The molecule has 1 aromatic carbocycles. The topological polar surface area (TPSA) is 59.3 Å². The molecule has 0 unspecified atom stereocenters. The quantitative estimate of drug-likeness (QED) is 0.482. The Kier molecular flexibility index (Phi) is 5.58. The van der Waals surface area contributed by atoms with Crippen molar-refractivity contribution in [2.45, 2.75) is 19.4 Å². The Balaban J connectivity index is 1.40. The second-order valence-electron chi connectivity index (χ2n) is 7.92. The third-order valence-electron chi connectivity index (χ3n) is 6.04. The van der Waals surface area contributed by atoms with Crippen LogP contribution in [0.2, 0.25) is 0 Å². The first kappa shape index (κ1) is 20.9. The molecule has 0 spiro atoms. The number of aromatic nitrogens is 2. The average molecular weight is 465 g/mol. The molecule has 1 aliphatic heterocycles. The van der Waals surface area contributed by atoms with Gasteiger partial charge in [-0.3, -0.25) is 19.2 Å². The van der Waals surface area contributed by atoms with Gasteiger partial charge in [-0.1, -0.05) is 24.3 Å². The second kappa shape index (κ2) is 8.54. The van der Waals surface area contributed by atoms with E-state index in [2.05, 4.69) is 39.2 Å². The maximum Gasteiger partial charge on any atom is 0.295 e. The highest BCUT2D eigenvalue weighted by Gasteiger charge is 2.32. The van der Waals surface area contributed by atoms with E-state index in [1.54, 1.807) is 32.0 Å². The smallest absolute Gasteiger partial charge is 0.295 e. The third-order valence-corrected chi connectivity index (χ3v) is 7.96. The Labute approximate surface area is 194 Å². The van der Waals surface area contributed by atoms with Crippen LogP contribution in [0.4, 0.5) is 5.69 Å². The highest BCUT2D eigenvalue weighted by Crippen LogP contribution is 2.39. The number of anilines is 1. The molecule has 0 radical (unpaired) electrons. The van der Waals surface area contributed by atoms with E-state index < -0.39 is 0 Å². The van der Waals surface area contributed by atoms with Crippen LogP contribution in [0.15, 0.2) is 64.1 Å². The number of para-hydroxylation sites is 1. The summed E-state index contributed by atoms with van der Waals surface area (Å²) in [6, 6.07) is 15.9. The lowest BCUT2D eigenvalue weighted by Gasteiger charge is -2.34. The van der Waals surface area contributed by atoms with E-state index in [1.165, 1.54) is 15.3 Å². The number of benzene rings is 1. The van der Waals surface area contributed by atoms with Crippen molar-refractivity contribution < 1.29 is 4.79 Å². The molecule has 1 amide bonds. The van der Waals surface area contributed by atoms with Gasteiger partial charge in [0.05, 0.1) is 24.0 Å². The number of fused-ring (bicyclic) bond motifs is 1. The van der Waals surface area contributed by atoms with Gasteiger partial charge in [-0.15, -0.1) is 22.7 Å². The monoisotopic (exact) mass is 464 g/mol. The van der Waals surface area contributed by atoms with Gasteiger partial charge in [0.15, 0.2) is 0 Å². The molecule has 8 heteroatoms. The number of carbonyl (C=O) groups excluding carboxylic acids is 1. The van der Waals surface area contributed by atoms with E-state index in [0.717, 1.165) is 24.3 Å². The molecule has 5 rings (SSSR count). The van der Waals surface area contributed by atoms with E-state index in [-0.39, 0.29) is 24.1 Å². The van der Waals surface area contributed by atoms with Crippen LogP contribution in [0.3, 0.4) is 0 Å². The van der Waals surface area contributed by atoms with Crippen LogP contribution in [0.5, 0.6) is 0 Å². The first-order valence-corrected chi connectivity index (χ1v) is 12.3. The largest absolute Gasteiger partial charge is 0.319 e. The number of thiophene rings is 2. The van der Waals surface area contributed by atoms with E-state index in [0.29, 0.717) is 5.69 Å². The number of nitrogens with one attached hydrogen (secondary N) is 1. The lowest BCUT2D eigenvalue weighted by atomic mass is 9.98. The van der Waals surface area contributed by atoms with Crippen molar-refractivity contribution in [1.29, 1.82) is 0 Å². The summed E-state index contributed by atoms with van der Waals surface area (Å²) in [5, 5.41) is 7.12. The molecule has 0 saturated heterocycles. The molecule has 0 saturated carbocycles. The van der Waals surface area contributed by atoms with Crippen LogP contribution in [0, 0.1) is 6.92 Å². The predicted octanol–water partition coefficient (Wildman–Crippen LogP) is 4.19. The predicted molar refractivity (Wildman–Crippen MR) is 130 cm³/mol. The molecule has 4 aromatic rings. The summed E-state index contributed by atoms with van der Waals surface area (Å²) in [5.74, 6) is -0.170. The lowest BCUT2D eigenvalue weighted by molar-refractivity contribution is -0.117. The molecular formula is C24H24N4O2S2.